The maximum absolute atomic E-state index is 12.5. The van der Waals surface area contributed by atoms with Gasteiger partial charge in [-0.05, 0) is 61.5 Å². The summed E-state index contributed by atoms with van der Waals surface area (Å²) in [7, 11) is 1.61. The number of fused-ring (bicyclic) bond motifs is 1. The average Bonchev–Trinajstić information content (AvgIpc) is 2.87. The van der Waals surface area contributed by atoms with Crippen LogP contribution in [0.1, 0.15) is 17.3 Å². The summed E-state index contributed by atoms with van der Waals surface area (Å²) < 4.78 is 16.3. The number of carbonyl (C=O) groups excluding carboxylic acids is 2. The molecule has 0 saturated carbocycles. The zero-order valence-electron chi connectivity index (χ0n) is 18.9. The molecule has 1 heterocycles. The number of anilines is 1. The first-order valence-electron chi connectivity index (χ1n) is 10.8. The smallest absolute Gasteiger partial charge is 0.338 e. The minimum atomic E-state index is -0.434. The van der Waals surface area contributed by atoms with Crippen molar-refractivity contribution in [3.05, 3.63) is 84.4 Å². The van der Waals surface area contributed by atoms with E-state index < -0.39 is 5.97 Å². The van der Waals surface area contributed by atoms with Gasteiger partial charge < -0.3 is 19.5 Å². The highest BCUT2D eigenvalue weighted by Crippen LogP contribution is 2.32. The average molecular weight is 456 g/mol. The number of pyridine rings is 1. The SMILES string of the molecule is CCOC(=O)c1ccc2nc(-c3ccc(OC)cc3)cc(OCC(=O)Nc3ccccc3)c2c1. The van der Waals surface area contributed by atoms with Gasteiger partial charge in [0.05, 0.1) is 30.5 Å². The molecule has 7 heteroatoms. The third-order valence-electron chi connectivity index (χ3n) is 5.08. The number of esters is 1. The highest BCUT2D eigenvalue weighted by atomic mass is 16.5. The minimum Gasteiger partial charge on any atom is -0.497 e. The van der Waals surface area contributed by atoms with Gasteiger partial charge in [0.25, 0.3) is 5.91 Å². The first kappa shape index (κ1) is 22.8. The Morgan fingerprint density at radius 1 is 0.941 bits per heavy atom. The normalized spacial score (nSPS) is 10.5. The predicted octanol–water partition coefficient (Wildman–Crippen LogP) is 5.10. The van der Waals surface area contributed by atoms with Crippen molar-refractivity contribution in [3.63, 3.8) is 0 Å². The lowest BCUT2D eigenvalue weighted by Crippen LogP contribution is -2.20. The van der Waals surface area contributed by atoms with Gasteiger partial charge in [0, 0.05) is 22.7 Å². The quantitative estimate of drug-likeness (QED) is 0.371. The van der Waals surface area contributed by atoms with E-state index >= 15 is 0 Å². The molecule has 34 heavy (non-hydrogen) atoms. The number of rotatable bonds is 8. The van der Waals surface area contributed by atoms with Gasteiger partial charge in [-0.2, -0.15) is 0 Å². The van der Waals surface area contributed by atoms with Gasteiger partial charge in [0.1, 0.15) is 11.5 Å². The van der Waals surface area contributed by atoms with Crippen LogP contribution in [0.3, 0.4) is 0 Å². The summed E-state index contributed by atoms with van der Waals surface area (Å²) in [6.07, 6.45) is 0. The van der Waals surface area contributed by atoms with Crippen LogP contribution in [0.25, 0.3) is 22.2 Å². The van der Waals surface area contributed by atoms with Crippen molar-refractivity contribution < 1.29 is 23.8 Å². The summed E-state index contributed by atoms with van der Waals surface area (Å²) in [6, 6.07) is 23.5. The van der Waals surface area contributed by atoms with E-state index in [9.17, 15) is 9.59 Å². The lowest BCUT2D eigenvalue weighted by Gasteiger charge is -2.13. The van der Waals surface area contributed by atoms with Crippen molar-refractivity contribution in [1.29, 1.82) is 0 Å². The summed E-state index contributed by atoms with van der Waals surface area (Å²) in [5.41, 5.74) is 3.21. The maximum atomic E-state index is 12.5. The van der Waals surface area contributed by atoms with Crippen LogP contribution in [0.15, 0.2) is 78.9 Å². The second-order valence-electron chi connectivity index (χ2n) is 7.39. The summed E-state index contributed by atoms with van der Waals surface area (Å²) in [5.74, 6) is 0.433. The molecular formula is C27H24N2O5. The molecule has 3 aromatic carbocycles. The number of nitrogens with one attached hydrogen (secondary N) is 1. The number of hydrogen-bond acceptors (Lipinski definition) is 6. The van der Waals surface area contributed by atoms with E-state index in [0.717, 1.165) is 11.3 Å². The monoisotopic (exact) mass is 456 g/mol. The van der Waals surface area contributed by atoms with Crippen molar-refractivity contribution >= 4 is 28.5 Å². The third-order valence-corrected chi connectivity index (χ3v) is 5.08. The molecule has 4 rings (SSSR count). The van der Waals surface area contributed by atoms with Gasteiger partial charge in [0.15, 0.2) is 6.61 Å². The first-order chi connectivity index (χ1) is 16.6. The fourth-order valence-corrected chi connectivity index (χ4v) is 3.43. The number of nitrogens with zero attached hydrogens (tertiary/aromatic N) is 1. The van der Waals surface area contributed by atoms with Gasteiger partial charge in [-0.25, -0.2) is 9.78 Å². The molecule has 0 bridgehead atoms. The molecule has 0 fully saturated rings. The van der Waals surface area contributed by atoms with E-state index in [0.29, 0.717) is 33.6 Å². The highest BCUT2D eigenvalue weighted by molar-refractivity contribution is 5.97. The summed E-state index contributed by atoms with van der Waals surface area (Å²) in [6.45, 7) is 1.82. The van der Waals surface area contributed by atoms with Gasteiger partial charge >= 0.3 is 5.97 Å². The summed E-state index contributed by atoms with van der Waals surface area (Å²) in [5, 5.41) is 3.40. The summed E-state index contributed by atoms with van der Waals surface area (Å²) >= 11 is 0. The Kier molecular flexibility index (Phi) is 7.03. The van der Waals surface area contributed by atoms with Crippen molar-refractivity contribution in [1.82, 2.24) is 4.98 Å². The van der Waals surface area contributed by atoms with Crippen LogP contribution >= 0.6 is 0 Å². The predicted molar refractivity (Wildman–Crippen MR) is 130 cm³/mol. The van der Waals surface area contributed by atoms with Crippen LogP contribution in [0.5, 0.6) is 11.5 Å². The molecule has 1 aromatic heterocycles. The zero-order valence-corrected chi connectivity index (χ0v) is 18.9. The Morgan fingerprint density at radius 2 is 1.71 bits per heavy atom. The fourth-order valence-electron chi connectivity index (χ4n) is 3.43. The highest BCUT2D eigenvalue weighted by Gasteiger charge is 2.14. The number of para-hydroxylation sites is 1. The molecule has 0 radical (unpaired) electrons. The molecular weight excluding hydrogens is 432 g/mol. The van der Waals surface area contributed by atoms with Crippen molar-refractivity contribution in [2.75, 3.05) is 25.6 Å². The number of amides is 1. The van der Waals surface area contributed by atoms with Crippen LogP contribution in [0.4, 0.5) is 5.69 Å². The van der Waals surface area contributed by atoms with Crippen LogP contribution in [0, 0.1) is 0 Å². The second-order valence-corrected chi connectivity index (χ2v) is 7.39. The van der Waals surface area contributed by atoms with Crippen LogP contribution < -0.4 is 14.8 Å². The number of hydrogen-bond donors (Lipinski definition) is 1. The number of methoxy groups -OCH3 is 1. The van der Waals surface area contributed by atoms with E-state index in [4.69, 9.17) is 19.2 Å². The number of aromatic nitrogens is 1. The lowest BCUT2D eigenvalue weighted by atomic mass is 10.1. The number of carbonyl (C=O) groups is 2. The van der Waals surface area contributed by atoms with Gasteiger partial charge in [-0.3, -0.25) is 4.79 Å². The Bertz CT molecular complexity index is 1300. The van der Waals surface area contributed by atoms with Crippen LogP contribution in [0.2, 0.25) is 0 Å². The first-order valence-corrected chi connectivity index (χ1v) is 10.8. The fraction of sp³-hybridized carbons (Fsp3) is 0.148. The van der Waals surface area contributed by atoms with Gasteiger partial charge in [-0.15, -0.1) is 0 Å². The van der Waals surface area contributed by atoms with E-state index in [1.807, 2.05) is 42.5 Å². The molecule has 0 aliphatic rings. The molecule has 4 aromatic rings. The van der Waals surface area contributed by atoms with E-state index in [1.54, 1.807) is 50.4 Å². The Hall–Kier alpha value is -4.39. The Morgan fingerprint density at radius 3 is 2.41 bits per heavy atom. The number of benzene rings is 3. The van der Waals surface area contributed by atoms with Gasteiger partial charge in [0.2, 0.25) is 0 Å². The lowest BCUT2D eigenvalue weighted by molar-refractivity contribution is -0.118. The van der Waals surface area contributed by atoms with Crippen molar-refractivity contribution in [3.8, 4) is 22.8 Å². The topological polar surface area (TPSA) is 86.8 Å². The molecule has 0 spiro atoms. The molecule has 0 atom stereocenters. The largest absolute Gasteiger partial charge is 0.497 e. The molecule has 172 valence electrons. The Labute approximate surface area is 197 Å². The van der Waals surface area contributed by atoms with Crippen LogP contribution in [-0.4, -0.2) is 37.2 Å². The van der Waals surface area contributed by atoms with E-state index in [1.165, 1.54) is 0 Å². The molecule has 0 aliphatic carbocycles. The molecule has 1 N–H and O–H groups in total. The minimum absolute atomic E-state index is 0.209. The standard InChI is InChI=1S/C27H24N2O5/c1-3-33-27(31)19-11-14-23-22(15-19)25(34-17-26(30)28-20-7-5-4-6-8-20)16-24(29-23)18-9-12-21(32-2)13-10-18/h4-16H,3,17H2,1-2H3,(H,28,30). The van der Waals surface area contributed by atoms with Crippen molar-refractivity contribution in [2.24, 2.45) is 0 Å². The van der Waals surface area contributed by atoms with Gasteiger partial charge in [-0.1, -0.05) is 18.2 Å². The molecule has 7 nitrogen and oxygen atoms in total. The molecule has 1 amide bonds. The van der Waals surface area contributed by atoms with E-state index in [-0.39, 0.29) is 19.1 Å². The molecule has 0 aliphatic heterocycles. The van der Waals surface area contributed by atoms with Crippen molar-refractivity contribution in [2.45, 2.75) is 6.92 Å². The Balaban J connectivity index is 1.67. The zero-order chi connectivity index (χ0) is 23.9. The molecule has 0 saturated heterocycles. The van der Waals surface area contributed by atoms with Crippen LogP contribution in [-0.2, 0) is 9.53 Å². The third kappa shape index (κ3) is 5.32. The van der Waals surface area contributed by atoms with E-state index in [2.05, 4.69) is 5.32 Å². The second kappa shape index (κ2) is 10.5. The number of ether oxygens (including phenoxy) is 3. The summed E-state index contributed by atoms with van der Waals surface area (Å²) in [4.78, 5) is 29.5. The molecule has 0 unspecified atom stereocenters. The maximum Gasteiger partial charge on any atom is 0.338 e.